The first kappa shape index (κ1) is 10.0. The van der Waals surface area contributed by atoms with Crippen molar-refractivity contribution in [3.05, 3.63) is 0 Å². The zero-order chi connectivity index (χ0) is 8.97. The molecule has 0 radical (unpaired) electrons. The highest BCUT2D eigenvalue weighted by Gasteiger charge is 2.18. The van der Waals surface area contributed by atoms with Gasteiger partial charge in [0.15, 0.2) is 0 Å². The summed E-state index contributed by atoms with van der Waals surface area (Å²) in [5, 5.41) is 0. The highest BCUT2D eigenvalue weighted by Crippen LogP contribution is 2.23. The van der Waals surface area contributed by atoms with Gasteiger partial charge in [-0.3, -0.25) is 0 Å². The van der Waals surface area contributed by atoms with E-state index in [1.165, 1.54) is 32.1 Å². The molecule has 0 saturated heterocycles. The molecular weight excluding hydrogens is 148 g/mol. The van der Waals surface area contributed by atoms with Gasteiger partial charge in [-0.25, -0.2) is 0 Å². The first-order valence-corrected chi connectivity index (χ1v) is 5.34. The Morgan fingerprint density at radius 2 is 1.75 bits per heavy atom. The van der Waals surface area contributed by atoms with Crippen molar-refractivity contribution in [1.29, 1.82) is 0 Å². The molecule has 1 heteroatoms. The van der Waals surface area contributed by atoms with E-state index in [2.05, 4.69) is 20.8 Å². The molecule has 1 unspecified atom stereocenters. The lowest BCUT2D eigenvalue weighted by atomic mass is 10.1. The monoisotopic (exact) mass is 170 g/mol. The summed E-state index contributed by atoms with van der Waals surface area (Å²) >= 11 is 0. The first-order chi connectivity index (χ1) is 5.68. The third-order valence-electron chi connectivity index (χ3n) is 2.53. The molecule has 0 spiro atoms. The van der Waals surface area contributed by atoms with Gasteiger partial charge in [0.2, 0.25) is 0 Å². The van der Waals surface area contributed by atoms with Crippen molar-refractivity contribution < 1.29 is 4.74 Å². The predicted octanol–water partition coefficient (Wildman–Crippen LogP) is 3.38. The highest BCUT2D eigenvalue weighted by molar-refractivity contribution is 4.68. The van der Waals surface area contributed by atoms with Gasteiger partial charge in [-0.05, 0) is 32.1 Å². The number of hydrogen-bond donors (Lipinski definition) is 0. The fourth-order valence-corrected chi connectivity index (χ4v) is 2.07. The van der Waals surface area contributed by atoms with Crippen LogP contribution in [0.1, 0.15) is 52.9 Å². The second kappa shape index (κ2) is 4.86. The Morgan fingerprint density at radius 1 is 1.17 bits per heavy atom. The highest BCUT2D eigenvalue weighted by atomic mass is 16.5. The smallest absolute Gasteiger partial charge is 0.0578 e. The summed E-state index contributed by atoms with van der Waals surface area (Å²) in [5.74, 6) is 0.765. The second-order valence-corrected chi connectivity index (χ2v) is 4.48. The van der Waals surface area contributed by atoms with Crippen LogP contribution in [0, 0.1) is 5.92 Å². The van der Waals surface area contributed by atoms with Crippen LogP contribution in [0.3, 0.4) is 0 Å². The molecule has 1 aliphatic carbocycles. The van der Waals surface area contributed by atoms with Crippen LogP contribution in [0.4, 0.5) is 0 Å². The fraction of sp³-hybridized carbons (Fsp3) is 1.00. The Bertz CT molecular complexity index is 114. The molecule has 1 rings (SSSR count). The Kier molecular flexibility index (Phi) is 4.07. The molecule has 0 aromatic heterocycles. The maximum absolute atomic E-state index is 5.92. The van der Waals surface area contributed by atoms with Gasteiger partial charge in [-0.2, -0.15) is 0 Å². The van der Waals surface area contributed by atoms with Crippen molar-refractivity contribution in [3.63, 3.8) is 0 Å². The third-order valence-corrected chi connectivity index (χ3v) is 2.53. The van der Waals surface area contributed by atoms with Crippen molar-refractivity contribution in [2.24, 2.45) is 5.92 Å². The number of ether oxygens (including phenoxy) is 1. The van der Waals surface area contributed by atoms with E-state index in [0.29, 0.717) is 12.2 Å². The van der Waals surface area contributed by atoms with E-state index in [4.69, 9.17) is 4.74 Å². The van der Waals surface area contributed by atoms with Gasteiger partial charge < -0.3 is 4.74 Å². The van der Waals surface area contributed by atoms with Crippen LogP contribution < -0.4 is 0 Å². The largest absolute Gasteiger partial charge is 0.375 e. The van der Waals surface area contributed by atoms with Crippen molar-refractivity contribution in [2.45, 2.75) is 65.1 Å². The maximum Gasteiger partial charge on any atom is 0.0578 e. The molecule has 0 aromatic rings. The minimum absolute atomic E-state index is 0.466. The summed E-state index contributed by atoms with van der Waals surface area (Å²) in [4.78, 5) is 0. The van der Waals surface area contributed by atoms with Crippen LogP contribution >= 0.6 is 0 Å². The van der Waals surface area contributed by atoms with Gasteiger partial charge in [-0.1, -0.05) is 26.7 Å². The normalized spacial score (nSPS) is 22.0. The average molecular weight is 170 g/mol. The molecular formula is C11H22O. The van der Waals surface area contributed by atoms with Crippen molar-refractivity contribution in [1.82, 2.24) is 0 Å². The zero-order valence-electron chi connectivity index (χ0n) is 8.68. The van der Waals surface area contributed by atoms with Crippen molar-refractivity contribution >= 4 is 0 Å². The topological polar surface area (TPSA) is 9.23 Å². The van der Waals surface area contributed by atoms with E-state index in [1.54, 1.807) is 0 Å². The number of hydrogen-bond acceptors (Lipinski definition) is 1. The van der Waals surface area contributed by atoms with E-state index in [1.807, 2.05) is 0 Å². The fourth-order valence-electron chi connectivity index (χ4n) is 2.07. The van der Waals surface area contributed by atoms with Gasteiger partial charge in [0.05, 0.1) is 12.2 Å². The number of rotatable bonds is 4. The molecule has 0 aromatic carbocycles. The Balaban J connectivity index is 2.11. The van der Waals surface area contributed by atoms with E-state index >= 15 is 0 Å². The SMILES string of the molecule is CC(C)CC(C)OC1CCCC1. The molecule has 1 aliphatic rings. The standard InChI is InChI=1S/C11H22O/c1-9(2)8-10(3)12-11-6-4-5-7-11/h9-11H,4-8H2,1-3H3. The Morgan fingerprint density at radius 3 is 2.25 bits per heavy atom. The van der Waals surface area contributed by atoms with Gasteiger partial charge in [0, 0.05) is 0 Å². The Hall–Kier alpha value is -0.0400. The summed E-state index contributed by atoms with van der Waals surface area (Å²) in [6.07, 6.45) is 7.59. The van der Waals surface area contributed by atoms with E-state index in [-0.39, 0.29) is 0 Å². The molecule has 0 N–H and O–H groups in total. The first-order valence-electron chi connectivity index (χ1n) is 5.34. The van der Waals surface area contributed by atoms with E-state index in [9.17, 15) is 0 Å². The van der Waals surface area contributed by atoms with Gasteiger partial charge in [0.25, 0.3) is 0 Å². The molecule has 0 amide bonds. The lowest BCUT2D eigenvalue weighted by Gasteiger charge is -2.19. The van der Waals surface area contributed by atoms with Crippen LogP contribution in [0.25, 0.3) is 0 Å². The minimum atomic E-state index is 0.466. The molecule has 0 aliphatic heterocycles. The van der Waals surface area contributed by atoms with Crippen LogP contribution in [-0.2, 0) is 4.74 Å². The summed E-state index contributed by atoms with van der Waals surface area (Å²) in [5.41, 5.74) is 0. The van der Waals surface area contributed by atoms with E-state index in [0.717, 1.165) is 5.92 Å². The zero-order valence-corrected chi connectivity index (χ0v) is 8.68. The lowest BCUT2D eigenvalue weighted by molar-refractivity contribution is -0.00751. The van der Waals surface area contributed by atoms with Crippen LogP contribution in [0.15, 0.2) is 0 Å². The molecule has 1 fully saturated rings. The summed E-state index contributed by atoms with van der Waals surface area (Å²) in [7, 11) is 0. The molecule has 1 saturated carbocycles. The summed E-state index contributed by atoms with van der Waals surface area (Å²) < 4.78 is 5.92. The predicted molar refractivity (Wildman–Crippen MR) is 52.3 cm³/mol. The van der Waals surface area contributed by atoms with Crippen LogP contribution in [0.5, 0.6) is 0 Å². The lowest BCUT2D eigenvalue weighted by Crippen LogP contribution is -2.18. The molecule has 0 heterocycles. The molecule has 72 valence electrons. The van der Waals surface area contributed by atoms with Crippen molar-refractivity contribution in [2.75, 3.05) is 0 Å². The van der Waals surface area contributed by atoms with Gasteiger partial charge in [-0.15, -0.1) is 0 Å². The Labute approximate surface area is 76.5 Å². The molecule has 1 atom stereocenters. The quantitative estimate of drug-likeness (QED) is 0.628. The van der Waals surface area contributed by atoms with E-state index < -0.39 is 0 Å². The molecule has 0 bridgehead atoms. The third kappa shape index (κ3) is 3.57. The summed E-state index contributed by atoms with van der Waals surface area (Å²) in [6, 6.07) is 0. The maximum atomic E-state index is 5.92. The van der Waals surface area contributed by atoms with Crippen LogP contribution in [-0.4, -0.2) is 12.2 Å². The molecule has 12 heavy (non-hydrogen) atoms. The van der Waals surface area contributed by atoms with Gasteiger partial charge in [0.1, 0.15) is 0 Å². The average Bonchev–Trinajstić information content (AvgIpc) is 2.37. The van der Waals surface area contributed by atoms with Gasteiger partial charge >= 0.3 is 0 Å². The van der Waals surface area contributed by atoms with Crippen molar-refractivity contribution in [3.8, 4) is 0 Å². The van der Waals surface area contributed by atoms with Crippen LogP contribution in [0.2, 0.25) is 0 Å². The molecule has 1 nitrogen and oxygen atoms in total. The minimum Gasteiger partial charge on any atom is -0.375 e. The summed E-state index contributed by atoms with van der Waals surface area (Å²) in [6.45, 7) is 6.72. The second-order valence-electron chi connectivity index (χ2n) is 4.48.